The molecule has 1 atom stereocenters. The van der Waals surface area contributed by atoms with Gasteiger partial charge in [-0.3, -0.25) is 14.9 Å². The summed E-state index contributed by atoms with van der Waals surface area (Å²) < 4.78 is 7.64. The molecule has 0 saturated carbocycles. The van der Waals surface area contributed by atoms with Gasteiger partial charge < -0.3 is 9.30 Å². The summed E-state index contributed by atoms with van der Waals surface area (Å²) in [7, 11) is 0. The van der Waals surface area contributed by atoms with E-state index in [9.17, 15) is 0 Å². The van der Waals surface area contributed by atoms with Crippen LogP contribution in [0.2, 0.25) is 0 Å². The largest absolute Gasteiger partial charge is 0.374 e. The van der Waals surface area contributed by atoms with E-state index in [1.54, 1.807) is 6.20 Å². The Bertz CT molecular complexity index is 641. The first-order chi connectivity index (χ1) is 10.7. The maximum absolute atomic E-state index is 5.46. The summed E-state index contributed by atoms with van der Waals surface area (Å²) in [4.78, 5) is 11.1. The van der Waals surface area contributed by atoms with Crippen LogP contribution in [-0.4, -0.2) is 42.8 Å². The van der Waals surface area contributed by atoms with Gasteiger partial charge in [-0.2, -0.15) is 0 Å². The lowest BCUT2D eigenvalue weighted by atomic mass is 10.2. The third kappa shape index (κ3) is 3.00. The van der Waals surface area contributed by atoms with Crippen LogP contribution in [-0.2, 0) is 24.4 Å². The molecule has 0 amide bonds. The SMILES string of the molecule is CCOCc1nnc2n1CCN(Cc1cncc(C)n1)[C@@H]2C. The van der Waals surface area contributed by atoms with Crippen molar-refractivity contribution in [2.24, 2.45) is 0 Å². The molecule has 0 radical (unpaired) electrons. The van der Waals surface area contributed by atoms with E-state index in [-0.39, 0.29) is 6.04 Å². The monoisotopic (exact) mass is 302 g/mol. The number of aromatic nitrogens is 5. The van der Waals surface area contributed by atoms with Crippen molar-refractivity contribution in [2.45, 2.75) is 46.5 Å². The lowest BCUT2D eigenvalue weighted by molar-refractivity contribution is 0.117. The molecule has 0 aromatic carbocycles. The summed E-state index contributed by atoms with van der Waals surface area (Å²) in [6.45, 7) is 9.94. The molecule has 7 heteroatoms. The molecular weight excluding hydrogens is 280 g/mol. The first-order valence-corrected chi connectivity index (χ1v) is 7.70. The molecule has 3 heterocycles. The van der Waals surface area contributed by atoms with Gasteiger partial charge in [-0.25, -0.2) is 0 Å². The summed E-state index contributed by atoms with van der Waals surface area (Å²) in [6.07, 6.45) is 3.61. The van der Waals surface area contributed by atoms with Gasteiger partial charge >= 0.3 is 0 Å². The van der Waals surface area contributed by atoms with E-state index in [1.807, 2.05) is 20.0 Å². The average molecular weight is 302 g/mol. The molecule has 2 aromatic rings. The van der Waals surface area contributed by atoms with Crippen molar-refractivity contribution in [3.63, 3.8) is 0 Å². The average Bonchev–Trinajstić information content (AvgIpc) is 2.92. The van der Waals surface area contributed by atoms with E-state index in [4.69, 9.17) is 4.74 Å². The molecule has 0 saturated heterocycles. The van der Waals surface area contributed by atoms with E-state index in [1.165, 1.54) is 0 Å². The molecule has 2 aromatic heterocycles. The fourth-order valence-corrected chi connectivity index (χ4v) is 2.80. The minimum absolute atomic E-state index is 0.207. The standard InChI is InChI=1S/C15H22N6O/c1-4-22-10-14-18-19-15-12(3)20(5-6-21(14)15)9-13-8-16-7-11(2)17-13/h7-8,12H,4-6,9-10H2,1-3H3/t12-/m1/s1. The predicted molar refractivity (Wildman–Crippen MR) is 80.9 cm³/mol. The van der Waals surface area contributed by atoms with Crippen molar-refractivity contribution in [2.75, 3.05) is 13.2 Å². The molecule has 3 rings (SSSR count). The molecule has 0 unspecified atom stereocenters. The van der Waals surface area contributed by atoms with E-state index in [0.717, 1.165) is 42.7 Å². The van der Waals surface area contributed by atoms with Gasteiger partial charge in [0, 0.05) is 38.6 Å². The number of nitrogens with zero attached hydrogens (tertiary/aromatic N) is 6. The van der Waals surface area contributed by atoms with E-state index < -0.39 is 0 Å². The van der Waals surface area contributed by atoms with Gasteiger partial charge in [0.1, 0.15) is 12.4 Å². The Kier molecular flexibility index (Phi) is 4.44. The third-order valence-electron chi connectivity index (χ3n) is 3.99. The van der Waals surface area contributed by atoms with Gasteiger partial charge in [0.25, 0.3) is 0 Å². The fraction of sp³-hybridized carbons (Fsp3) is 0.600. The van der Waals surface area contributed by atoms with Gasteiger partial charge in [-0.05, 0) is 20.8 Å². The van der Waals surface area contributed by atoms with Crippen LogP contribution in [0.5, 0.6) is 0 Å². The lowest BCUT2D eigenvalue weighted by Crippen LogP contribution is -2.37. The summed E-state index contributed by atoms with van der Waals surface area (Å²) in [5.74, 6) is 1.92. The Labute approximate surface area is 130 Å². The number of rotatable bonds is 5. The summed E-state index contributed by atoms with van der Waals surface area (Å²) in [5, 5.41) is 8.63. The number of hydrogen-bond acceptors (Lipinski definition) is 6. The van der Waals surface area contributed by atoms with Gasteiger partial charge in [0.05, 0.1) is 17.4 Å². The third-order valence-corrected chi connectivity index (χ3v) is 3.99. The molecule has 118 valence electrons. The van der Waals surface area contributed by atoms with E-state index in [2.05, 4.69) is 36.6 Å². The minimum Gasteiger partial charge on any atom is -0.374 e. The van der Waals surface area contributed by atoms with E-state index >= 15 is 0 Å². The maximum Gasteiger partial charge on any atom is 0.159 e. The van der Waals surface area contributed by atoms with Crippen LogP contribution in [0.3, 0.4) is 0 Å². The highest BCUT2D eigenvalue weighted by Crippen LogP contribution is 2.25. The second-order valence-electron chi connectivity index (χ2n) is 5.56. The van der Waals surface area contributed by atoms with Crippen molar-refractivity contribution in [3.05, 3.63) is 35.4 Å². The van der Waals surface area contributed by atoms with Crippen molar-refractivity contribution < 1.29 is 4.74 Å². The smallest absolute Gasteiger partial charge is 0.159 e. The van der Waals surface area contributed by atoms with Gasteiger partial charge in [-0.1, -0.05) is 0 Å². The van der Waals surface area contributed by atoms with Crippen LogP contribution >= 0.6 is 0 Å². The Balaban J connectivity index is 1.74. The molecule has 0 bridgehead atoms. The molecule has 0 fully saturated rings. The van der Waals surface area contributed by atoms with Gasteiger partial charge in [0.2, 0.25) is 0 Å². The fourth-order valence-electron chi connectivity index (χ4n) is 2.80. The summed E-state index contributed by atoms with van der Waals surface area (Å²) in [5.41, 5.74) is 1.94. The second kappa shape index (κ2) is 6.50. The zero-order valence-electron chi connectivity index (χ0n) is 13.4. The van der Waals surface area contributed by atoms with Crippen LogP contribution in [0.15, 0.2) is 12.4 Å². The normalized spacial score (nSPS) is 18.4. The highest BCUT2D eigenvalue weighted by atomic mass is 16.5. The first kappa shape index (κ1) is 15.1. The summed E-state index contributed by atoms with van der Waals surface area (Å²) >= 11 is 0. The van der Waals surface area contributed by atoms with Crippen LogP contribution in [0.1, 0.15) is 42.9 Å². The lowest BCUT2D eigenvalue weighted by Gasteiger charge is -2.33. The topological polar surface area (TPSA) is 69.0 Å². The van der Waals surface area contributed by atoms with Crippen LogP contribution in [0.4, 0.5) is 0 Å². The summed E-state index contributed by atoms with van der Waals surface area (Å²) in [6, 6.07) is 0.207. The Morgan fingerprint density at radius 1 is 1.27 bits per heavy atom. The molecule has 1 aliphatic rings. The van der Waals surface area contributed by atoms with Crippen LogP contribution in [0.25, 0.3) is 0 Å². The molecular formula is C15H22N6O. The Hall–Kier alpha value is -1.86. The van der Waals surface area contributed by atoms with Crippen molar-refractivity contribution in [1.82, 2.24) is 29.6 Å². The number of aryl methyl sites for hydroxylation is 1. The van der Waals surface area contributed by atoms with Crippen LogP contribution in [0, 0.1) is 6.92 Å². The molecule has 22 heavy (non-hydrogen) atoms. The quantitative estimate of drug-likeness (QED) is 0.833. The van der Waals surface area contributed by atoms with Gasteiger partial charge in [0.15, 0.2) is 5.82 Å². The Morgan fingerprint density at radius 2 is 2.14 bits per heavy atom. The molecule has 0 N–H and O–H groups in total. The second-order valence-corrected chi connectivity index (χ2v) is 5.56. The highest BCUT2D eigenvalue weighted by Gasteiger charge is 2.28. The first-order valence-electron chi connectivity index (χ1n) is 7.70. The highest BCUT2D eigenvalue weighted by molar-refractivity contribution is 5.06. The van der Waals surface area contributed by atoms with Crippen LogP contribution < -0.4 is 0 Å². The zero-order chi connectivity index (χ0) is 15.5. The van der Waals surface area contributed by atoms with Gasteiger partial charge in [-0.15, -0.1) is 10.2 Å². The number of ether oxygens (including phenoxy) is 1. The van der Waals surface area contributed by atoms with Crippen molar-refractivity contribution >= 4 is 0 Å². The number of fused-ring (bicyclic) bond motifs is 1. The van der Waals surface area contributed by atoms with Crippen molar-refractivity contribution in [3.8, 4) is 0 Å². The Morgan fingerprint density at radius 3 is 2.91 bits per heavy atom. The van der Waals surface area contributed by atoms with Crippen molar-refractivity contribution in [1.29, 1.82) is 0 Å². The molecule has 0 aliphatic carbocycles. The molecule has 7 nitrogen and oxygen atoms in total. The molecule has 1 aliphatic heterocycles. The molecule has 0 spiro atoms. The van der Waals surface area contributed by atoms with E-state index in [0.29, 0.717) is 13.2 Å². The zero-order valence-corrected chi connectivity index (χ0v) is 13.4. The maximum atomic E-state index is 5.46. The predicted octanol–water partition coefficient (Wildman–Crippen LogP) is 1.49. The minimum atomic E-state index is 0.207. The number of hydrogen-bond donors (Lipinski definition) is 0.